The Bertz CT molecular complexity index is 809. The third-order valence-electron chi connectivity index (χ3n) is 4.41. The summed E-state index contributed by atoms with van der Waals surface area (Å²) in [7, 11) is -2.45. The molecule has 0 bridgehead atoms. The van der Waals surface area contributed by atoms with Crippen LogP contribution in [0.1, 0.15) is 24.4 Å². The van der Waals surface area contributed by atoms with Crippen molar-refractivity contribution in [3.05, 3.63) is 46.4 Å². The van der Waals surface area contributed by atoms with Crippen molar-refractivity contribution in [3.8, 4) is 5.75 Å². The first kappa shape index (κ1) is 21.1. The number of hydrogen-bond donors (Lipinski definition) is 1. The lowest BCUT2D eigenvalue weighted by atomic mass is 10.1. The van der Waals surface area contributed by atoms with Crippen LogP contribution in [-0.2, 0) is 10.0 Å². The summed E-state index contributed by atoms with van der Waals surface area (Å²) < 4.78 is 46.4. The van der Waals surface area contributed by atoms with Gasteiger partial charge in [0.05, 0.1) is 12.0 Å². The van der Waals surface area contributed by atoms with E-state index in [1.165, 1.54) is 19.2 Å². The van der Waals surface area contributed by atoms with Gasteiger partial charge in [0.2, 0.25) is 10.0 Å². The molecule has 0 aliphatic carbocycles. The molecular weight excluding hydrogens is 399 g/mol. The highest BCUT2D eigenvalue weighted by atomic mass is 35.5. The fourth-order valence-electron chi connectivity index (χ4n) is 3.06. The third kappa shape index (κ3) is 4.75. The van der Waals surface area contributed by atoms with E-state index in [0.29, 0.717) is 0 Å². The molecule has 2 heterocycles. The van der Waals surface area contributed by atoms with Gasteiger partial charge in [-0.05, 0) is 66.5 Å². The number of hydrogen-bond acceptors (Lipinski definition) is 5. The summed E-state index contributed by atoms with van der Waals surface area (Å²) in [4.78, 5) is 2.19. The lowest BCUT2D eigenvalue weighted by Crippen LogP contribution is -2.36. The fraction of sp³-hybridized carbons (Fsp3) is 0.412. The van der Waals surface area contributed by atoms with Gasteiger partial charge in [0.15, 0.2) is 11.6 Å². The largest absolute Gasteiger partial charge is 0.494 e. The van der Waals surface area contributed by atoms with Crippen molar-refractivity contribution in [3.63, 3.8) is 0 Å². The van der Waals surface area contributed by atoms with Crippen LogP contribution in [0.25, 0.3) is 0 Å². The van der Waals surface area contributed by atoms with Crippen LogP contribution >= 0.6 is 23.7 Å². The molecule has 0 amide bonds. The monoisotopic (exact) mass is 420 g/mol. The predicted molar refractivity (Wildman–Crippen MR) is 103 cm³/mol. The molecule has 1 aliphatic rings. The molecule has 0 saturated carbocycles. The first-order chi connectivity index (χ1) is 12.0. The van der Waals surface area contributed by atoms with Crippen molar-refractivity contribution in [1.82, 2.24) is 9.62 Å². The zero-order chi connectivity index (χ0) is 17.9. The smallest absolute Gasteiger partial charge is 0.240 e. The number of nitrogens with one attached hydrogen (secondary N) is 1. The Balaban J connectivity index is 0.00000243. The second-order valence-corrected chi connectivity index (χ2v) is 8.51. The maximum atomic E-state index is 13.8. The molecule has 9 heteroatoms. The summed E-state index contributed by atoms with van der Waals surface area (Å²) in [6.07, 6.45) is 2.24. The van der Waals surface area contributed by atoms with Crippen LogP contribution in [0.3, 0.4) is 0 Å². The number of nitrogens with zero attached hydrogens (tertiary/aromatic N) is 1. The second kappa shape index (κ2) is 9.14. The predicted octanol–water partition coefficient (Wildman–Crippen LogP) is 3.43. The first-order valence-corrected chi connectivity index (χ1v) is 10.5. The van der Waals surface area contributed by atoms with Crippen molar-refractivity contribution < 1.29 is 17.5 Å². The van der Waals surface area contributed by atoms with Gasteiger partial charge in [0, 0.05) is 12.6 Å². The molecule has 1 atom stereocenters. The van der Waals surface area contributed by atoms with Crippen LogP contribution in [0, 0.1) is 5.82 Å². The van der Waals surface area contributed by atoms with E-state index >= 15 is 0 Å². The average molecular weight is 421 g/mol. The lowest BCUT2D eigenvalue weighted by Gasteiger charge is -2.27. The van der Waals surface area contributed by atoms with Crippen molar-refractivity contribution in [2.45, 2.75) is 23.8 Å². The number of ether oxygens (including phenoxy) is 1. The van der Waals surface area contributed by atoms with Crippen LogP contribution in [0.15, 0.2) is 39.9 Å². The number of sulfonamides is 1. The first-order valence-electron chi connectivity index (χ1n) is 8.10. The minimum atomic E-state index is -3.79. The van der Waals surface area contributed by atoms with Gasteiger partial charge in [-0.25, -0.2) is 17.5 Å². The van der Waals surface area contributed by atoms with E-state index < -0.39 is 15.8 Å². The average Bonchev–Trinajstić information content (AvgIpc) is 3.29. The Morgan fingerprint density at radius 3 is 2.62 bits per heavy atom. The van der Waals surface area contributed by atoms with E-state index in [-0.39, 0.29) is 35.6 Å². The maximum Gasteiger partial charge on any atom is 0.240 e. The molecule has 1 aliphatic heterocycles. The van der Waals surface area contributed by atoms with Gasteiger partial charge in [0.1, 0.15) is 0 Å². The van der Waals surface area contributed by atoms with Gasteiger partial charge in [-0.2, -0.15) is 11.3 Å². The van der Waals surface area contributed by atoms with Crippen LogP contribution in [0.4, 0.5) is 4.39 Å². The summed E-state index contributed by atoms with van der Waals surface area (Å²) in [5.74, 6) is -0.675. The minimum Gasteiger partial charge on any atom is -0.494 e. The molecule has 1 saturated heterocycles. The number of thiophene rings is 1. The number of benzene rings is 1. The van der Waals surface area contributed by atoms with Gasteiger partial charge >= 0.3 is 0 Å². The molecule has 1 unspecified atom stereocenters. The van der Waals surface area contributed by atoms with Crippen molar-refractivity contribution >= 4 is 33.8 Å². The molecule has 2 aromatic rings. The Morgan fingerprint density at radius 2 is 2.04 bits per heavy atom. The quantitative estimate of drug-likeness (QED) is 0.745. The molecule has 26 heavy (non-hydrogen) atoms. The van der Waals surface area contributed by atoms with E-state index in [1.807, 2.05) is 16.8 Å². The van der Waals surface area contributed by atoms with Gasteiger partial charge in [0.25, 0.3) is 0 Å². The number of halogens is 2. The molecule has 1 N–H and O–H groups in total. The van der Waals surface area contributed by atoms with Gasteiger partial charge in [-0.3, -0.25) is 4.90 Å². The Morgan fingerprint density at radius 1 is 1.31 bits per heavy atom. The summed E-state index contributed by atoms with van der Waals surface area (Å²) in [6.45, 7) is 2.17. The Hall–Kier alpha value is -1.19. The third-order valence-corrected chi connectivity index (χ3v) is 6.53. The molecule has 144 valence electrons. The molecule has 1 aromatic carbocycles. The highest BCUT2D eigenvalue weighted by Gasteiger charge is 2.26. The molecule has 0 spiro atoms. The number of rotatable bonds is 7. The van der Waals surface area contributed by atoms with Crippen LogP contribution < -0.4 is 9.46 Å². The SMILES string of the molecule is COc1ccc(S(=O)(=O)NCC(c2ccsc2)N2CCCC2)cc1F.Cl. The van der Waals surface area contributed by atoms with E-state index in [0.717, 1.165) is 37.6 Å². The van der Waals surface area contributed by atoms with E-state index in [2.05, 4.69) is 9.62 Å². The molecule has 1 aromatic heterocycles. The number of likely N-dealkylation sites (tertiary alicyclic amines) is 1. The molecule has 3 rings (SSSR count). The summed E-state index contributed by atoms with van der Waals surface area (Å²) in [6, 6.07) is 5.66. The standard InChI is InChI=1S/C17H21FN2O3S2.ClH/c1-23-17-5-4-14(10-15(17)18)25(21,22)19-11-16(13-6-9-24-12-13)20-7-2-3-8-20;/h4-6,9-10,12,16,19H,2-3,7-8,11H2,1H3;1H. The van der Waals surface area contributed by atoms with Crippen LogP contribution in [0.2, 0.25) is 0 Å². The summed E-state index contributed by atoms with van der Waals surface area (Å²) in [5, 5.41) is 4.04. The zero-order valence-corrected chi connectivity index (χ0v) is 16.8. The fourth-order valence-corrected chi connectivity index (χ4v) is 4.82. The molecule has 1 fully saturated rings. The minimum absolute atomic E-state index is 0. The van der Waals surface area contributed by atoms with Gasteiger partial charge < -0.3 is 4.74 Å². The van der Waals surface area contributed by atoms with Gasteiger partial charge in [-0.15, -0.1) is 12.4 Å². The number of methoxy groups -OCH3 is 1. The summed E-state index contributed by atoms with van der Waals surface area (Å²) >= 11 is 1.60. The molecule has 5 nitrogen and oxygen atoms in total. The summed E-state index contributed by atoms with van der Waals surface area (Å²) in [5.41, 5.74) is 1.11. The van der Waals surface area contributed by atoms with E-state index in [1.54, 1.807) is 11.3 Å². The Labute approximate surface area is 163 Å². The van der Waals surface area contributed by atoms with Crippen LogP contribution in [-0.4, -0.2) is 40.1 Å². The van der Waals surface area contributed by atoms with E-state index in [4.69, 9.17) is 4.74 Å². The van der Waals surface area contributed by atoms with Gasteiger partial charge in [-0.1, -0.05) is 0 Å². The van der Waals surface area contributed by atoms with E-state index in [9.17, 15) is 12.8 Å². The Kier molecular flexibility index (Phi) is 7.42. The van der Waals surface area contributed by atoms with Crippen molar-refractivity contribution in [2.75, 3.05) is 26.7 Å². The molecule has 0 radical (unpaired) electrons. The zero-order valence-electron chi connectivity index (χ0n) is 14.4. The molecular formula is C17H22ClFN2O3S2. The second-order valence-electron chi connectivity index (χ2n) is 5.96. The topological polar surface area (TPSA) is 58.6 Å². The van der Waals surface area contributed by atoms with Crippen LogP contribution in [0.5, 0.6) is 5.75 Å². The van der Waals surface area contributed by atoms with Crippen molar-refractivity contribution in [1.29, 1.82) is 0 Å². The van der Waals surface area contributed by atoms with Crippen molar-refractivity contribution in [2.24, 2.45) is 0 Å². The maximum absolute atomic E-state index is 13.8. The normalized spacial score (nSPS) is 16.2. The highest BCUT2D eigenvalue weighted by molar-refractivity contribution is 7.89. The highest BCUT2D eigenvalue weighted by Crippen LogP contribution is 2.27. The lowest BCUT2D eigenvalue weighted by molar-refractivity contribution is 0.247.